The molecule has 1 saturated heterocycles. The molecule has 2 atom stereocenters. The van der Waals surface area contributed by atoms with E-state index in [4.69, 9.17) is 5.73 Å². The van der Waals surface area contributed by atoms with E-state index in [0.29, 0.717) is 23.4 Å². The topological polar surface area (TPSA) is 92.9 Å². The molecule has 0 spiro atoms. The van der Waals surface area contributed by atoms with Crippen molar-refractivity contribution >= 4 is 34.7 Å². The third-order valence-electron chi connectivity index (χ3n) is 4.81. The van der Waals surface area contributed by atoms with Crippen molar-refractivity contribution < 1.29 is 4.79 Å². The number of anilines is 1. The van der Waals surface area contributed by atoms with Gasteiger partial charge in [-0.2, -0.15) is 0 Å². The van der Waals surface area contributed by atoms with Crippen molar-refractivity contribution in [1.82, 2.24) is 15.3 Å². The zero-order valence-electron chi connectivity index (χ0n) is 13.9. The number of carbonyl (C=O) groups is 1. The Morgan fingerprint density at radius 2 is 2.32 bits per heavy atom. The van der Waals surface area contributed by atoms with Gasteiger partial charge in [-0.25, -0.2) is 9.97 Å². The van der Waals surface area contributed by atoms with Crippen LogP contribution in [0.3, 0.4) is 0 Å². The maximum Gasteiger partial charge on any atom is 0.246 e. The fourth-order valence-corrected chi connectivity index (χ4v) is 4.35. The number of nitrogens with two attached hydrogens (primary N) is 1. The lowest BCUT2D eigenvalue weighted by atomic mass is 9.91. The Bertz CT molecular complexity index is 887. The number of nitrogens with zero attached hydrogens (tertiary/aromatic N) is 2. The number of hydrogen-bond donors (Lipinski definition) is 3. The van der Waals surface area contributed by atoms with Crippen LogP contribution in [0.5, 0.6) is 0 Å². The van der Waals surface area contributed by atoms with Gasteiger partial charge < -0.3 is 16.4 Å². The average molecular weight is 355 g/mol. The summed E-state index contributed by atoms with van der Waals surface area (Å²) >= 11 is 1.69. The lowest BCUT2D eigenvalue weighted by Gasteiger charge is -2.25. The van der Waals surface area contributed by atoms with E-state index >= 15 is 0 Å². The number of amides is 1. The van der Waals surface area contributed by atoms with Crippen LogP contribution in [0.1, 0.15) is 30.1 Å². The van der Waals surface area contributed by atoms with E-state index in [1.165, 1.54) is 11.2 Å². The molecular formula is C18H21N5OS. The molecule has 4 N–H and O–H groups in total. The van der Waals surface area contributed by atoms with Gasteiger partial charge in [0, 0.05) is 34.2 Å². The van der Waals surface area contributed by atoms with Gasteiger partial charge in [0.15, 0.2) is 0 Å². The van der Waals surface area contributed by atoms with Crippen molar-refractivity contribution in [2.45, 2.75) is 31.2 Å². The zero-order chi connectivity index (χ0) is 17.2. The second-order valence-electron chi connectivity index (χ2n) is 6.51. The van der Waals surface area contributed by atoms with E-state index < -0.39 is 5.91 Å². The quantitative estimate of drug-likeness (QED) is 0.734. The Labute approximate surface area is 149 Å². The van der Waals surface area contributed by atoms with Crippen LogP contribution in [0.25, 0.3) is 11.6 Å². The predicted octanol–water partition coefficient (Wildman–Crippen LogP) is 0.306. The number of piperidine rings is 1. The van der Waals surface area contributed by atoms with Gasteiger partial charge in [0.25, 0.3) is 0 Å². The molecule has 2 aromatic rings. The highest BCUT2D eigenvalue weighted by atomic mass is 32.1. The summed E-state index contributed by atoms with van der Waals surface area (Å²) in [5.74, 6) is 0.518. The second-order valence-corrected chi connectivity index (χ2v) is 7.49. The van der Waals surface area contributed by atoms with Crippen LogP contribution in [0.15, 0.2) is 23.8 Å². The summed E-state index contributed by atoms with van der Waals surface area (Å²) in [7, 11) is 0. The van der Waals surface area contributed by atoms with E-state index in [1.807, 2.05) is 6.07 Å². The number of aromatic nitrogens is 2. The summed E-state index contributed by atoms with van der Waals surface area (Å²) < 4.78 is 0. The van der Waals surface area contributed by atoms with E-state index in [2.05, 4.69) is 38.1 Å². The van der Waals surface area contributed by atoms with Crippen LogP contribution >= 0.6 is 11.3 Å². The molecule has 1 amide bonds. The van der Waals surface area contributed by atoms with Gasteiger partial charge in [-0.1, -0.05) is 12.1 Å². The second kappa shape index (κ2) is 6.93. The summed E-state index contributed by atoms with van der Waals surface area (Å²) in [6, 6.07) is 4.46. The monoisotopic (exact) mass is 355 g/mol. The van der Waals surface area contributed by atoms with Gasteiger partial charge >= 0.3 is 0 Å². The van der Waals surface area contributed by atoms with Crippen LogP contribution in [-0.4, -0.2) is 35.0 Å². The summed E-state index contributed by atoms with van der Waals surface area (Å²) in [6.45, 7) is 1.98. The van der Waals surface area contributed by atoms with Gasteiger partial charge in [0.2, 0.25) is 5.91 Å². The third kappa shape index (κ3) is 3.29. The van der Waals surface area contributed by atoms with Crippen molar-refractivity contribution in [1.29, 1.82) is 0 Å². The van der Waals surface area contributed by atoms with Crippen LogP contribution < -0.4 is 26.9 Å². The largest absolute Gasteiger partial charge is 0.366 e. The van der Waals surface area contributed by atoms with Crippen LogP contribution in [0.2, 0.25) is 0 Å². The molecule has 0 aromatic carbocycles. The molecule has 0 bridgehead atoms. The summed E-state index contributed by atoms with van der Waals surface area (Å²) in [4.78, 5) is 22.0. The Kier molecular flexibility index (Phi) is 4.50. The van der Waals surface area contributed by atoms with E-state index in [0.717, 1.165) is 37.0 Å². The minimum atomic E-state index is -0.403. The highest BCUT2D eigenvalue weighted by Gasteiger charge is 2.23. The maximum absolute atomic E-state index is 12.0. The average Bonchev–Trinajstić information content (AvgIpc) is 3.17. The van der Waals surface area contributed by atoms with Gasteiger partial charge in [-0.05, 0) is 37.3 Å². The minimum Gasteiger partial charge on any atom is -0.366 e. The molecule has 130 valence electrons. The lowest BCUT2D eigenvalue weighted by Crippen LogP contribution is -2.44. The fourth-order valence-electron chi connectivity index (χ4n) is 3.56. The maximum atomic E-state index is 12.0. The summed E-state index contributed by atoms with van der Waals surface area (Å²) in [5.41, 5.74) is 6.24. The Morgan fingerprint density at radius 1 is 1.40 bits per heavy atom. The SMILES string of the molecule is NC(=O)C1=c2ncnc(N[C@H]3CCCNC3)c2=CC(c2cccs2)C1. The van der Waals surface area contributed by atoms with Crippen molar-refractivity contribution in [3.05, 3.63) is 39.3 Å². The van der Waals surface area contributed by atoms with Crippen molar-refractivity contribution in [3.8, 4) is 0 Å². The molecule has 7 heteroatoms. The van der Waals surface area contributed by atoms with Gasteiger partial charge in [0.05, 0.1) is 5.35 Å². The number of hydrogen-bond acceptors (Lipinski definition) is 6. The van der Waals surface area contributed by atoms with Gasteiger partial charge in [0.1, 0.15) is 12.1 Å². The predicted molar refractivity (Wildman–Crippen MR) is 99.5 cm³/mol. The zero-order valence-corrected chi connectivity index (χ0v) is 14.7. The molecule has 25 heavy (non-hydrogen) atoms. The molecule has 0 saturated carbocycles. The Morgan fingerprint density at radius 3 is 3.04 bits per heavy atom. The smallest absolute Gasteiger partial charge is 0.246 e. The molecular weight excluding hydrogens is 334 g/mol. The van der Waals surface area contributed by atoms with Gasteiger partial charge in [-0.15, -0.1) is 11.3 Å². The highest BCUT2D eigenvalue weighted by molar-refractivity contribution is 7.10. The molecule has 1 aliphatic heterocycles. The molecule has 6 nitrogen and oxygen atoms in total. The first-order chi connectivity index (χ1) is 12.2. The number of thiophene rings is 1. The molecule has 3 heterocycles. The molecule has 0 radical (unpaired) electrons. The van der Waals surface area contributed by atoms with Crippen LogP contribution in [-0.2, 0) is 4.79 Å². The van der Waals surface area contributed by atoms with E-state index in [1.54, 1.807) is 11.3 Å². The third-order valence-corrected chi connectivity index (χ3v) is 5.81. The van der Waals surface area contributed by atoms with Crippen molar-refractivity contribution in [3.63, 3.8) is 0 Å². The standard InChI is InChI=1S/C18H21N5OS/c19-17(24)13-7-11(15-4-2-6-25-15)8-14-16(13)21-10-22-18(14)23-12-3-1-5-20-9-12/h2,4,6,8,10-12,20H,1,3,5,7,9H2,(H2,19,24)(H,21,22,23)/t11?,12-/m0/s1. The fraction of sp³-hybridized carbons (Fsp3) is 0.389. The van der Waals surface area contributed by atoms with Crippen molar-refractivity contribution in [2.24, 2.45) is 5.73 Å². The van der Waals surface area contributed by atoms with Gasteiger partial charge in [-0.3, -0.25) is 4.79 Å². The molecule has 1 unspecified atom stereocenters. The van der Waals surface area contributed by atoms with Crippen molar-refractivity contribution in [2.75, 3.05) is 18.4 Å². The Hall–Kier alpha value is -2.25. The molecule has 2 aromatic heterocycles. The minimum absolute atomic E-state index is 0.131. The first kappa shape index (κ1) is 16.2. The lowest BCUT2D eigenvalue weighted by molar-refractivity contribution is -0.113. The molecule has 4 rings (SSSR count). The van der Waals surface area contributed by atoms with Crippen LogP contribution in [0, 0.1) is 0 Å². The number of carbonyl (C=O) groups excluding carboxylic acids is 1. The number of fused-ring (bicyclic) bond motifs is 1. The van der Waals surface area contributed by atoms with E-state index in [-0.39, 0.29) is 5.92 Å². The molecule has 1 aliphatic carbocycles. The summed E-state index contributed by atoms with van der Waals surface area (Å²) in [5, 5.41) is 10.5. The first-order valence-corrected chi connectivity index (χ1v) is 9.47. The van der Waals surface area contributed by atoms with Crippen LogP contribution in [0.4, 0.5) is 5.82 Å². The highest BCUT2D eigenvalue weighted by Crippen LogP contribution is 2.30. The molecule has 1 fully saturated rings. The normalized spacial score (nSPS) is 22.8. The number of rotatable bonds is 4. The number of nitrogens with one attached hydrogen (secondary N) is 2. The van der Waals surface area contributed by atoms with E-state index in [9.17, 15) is 4.79 Å². The molecule has 2 aliphatic rings. The first-order valence-electron chi connectivity index (χ1n) is 8.59. The Balaban J connectivity index is 1.80. The summed E-state index contributed by atoms with van der Waals surface area (Å²) in [6.07, 6.45) is 6.52. The number of primary amides is 1.